The van der Waals surface area contributed by atoms with Gasteiger partial charge in [-0.15, -0.1) is 0 Å². The Balaban J connectivity index is 1.88. The van der Waals surface area contributed by atoms with Crippen molar-refractivity contribution in [1.82, 2.24) is 10.3 Å². The summed E-state index contributed by atoms with van der Waals surface area (Å²) in [5.74, 6) is 0.0963. The molecule has 0 bridgehead atoms. The zero-order chi connectivity index (χ0) is 15.9. The van der Waals surface area contributed by atoms with Crippen LogP contribution >= 0.6 is 23.4 Å². The van der Waals surface area contributed by atoms with E-state index in [1.54, 1.807) is 25.3 Å². The lowest BCUT2D eigenvalue weighted by atomic mass is 10.2. The van der Waals surface area contributed by atoms with E-state index < -0.39 is 12.0 Å². The number of ether oxygens (including phenoxy) is 1. The number of oxazole rings is 1. The Labute approximate surface area is 136 Å². The monoisotopic (exact) mass is 340 g/mol. The fourth-order valence-corrected chi connectivity index (χ4v) is 2.25. The predicted octanol–water partition coefficient (Wildman–Crippen LogP) is 3.36. The largest absolute Gasteiger partial charge is 0.450 e. The van der Waals surface area contributed by atoms with Gasteiger partial charge in [-0.25, -0.2) is 9.78 Å². The molecule has 1 N–H and O–H groups in total. The number of alkyl carbamates (subject to hydrolysis) is 1. The van der Waals surface area contributed by atoms with Crippen LogP contribution in [-0.4, -0.2) is 29.3 Å². The smallest absolute Gasteiger partial charge is 0.413 e. The summed E-state index contributed by atoms with van der Waals surface area (Å²) in [6.45, 7) is 1.86. The first-order valence-electron chi connectivity index (χ1n) is 6.39. The van der Waals surface area contributed by atoms with E-state index >= 15 is 0 Å². The molecule has 8 heteroatoms. The summed E-state index contributed by atoms with van der Waals surface area (Å²) in [5, 5.41) is 3.06. The third-order valence-electron chi connectivity index (χ3n) is 2.46. The van der Waals surface area contributed by atoms with Crippen molar-refractivity contribution in [2.45, 2.75) is 12.1 Å². The van der Waals surface area contributed by atoms with E-state index in [0.29, 0.717) is 16.0 Å². The van der Waals surface area contributed by atoms with Gasteiger partial charge in [-0.05, 0) is 31.2 Å². The molecule has 1 aromatic heterocycles. The number of hydrogen-bond acceptors (Lipinski definition) is 6. The molecule has 1 heterocycles. The second-order valence-electron chi connectivity index (χ2n) is 4.05. The molecular formula is C14H13ClN2O4S. The number of aromatic nitrogens is 1. The number of carbonyl (C=O) groups is 2. The zero-order valence-corrected chi connectivity index (χ0v) is 13.2. The fraction of sp³-hybridized carbons (Fsp3) is 0.214. The van der Waals surface area contributed by atoms with Gasteiger partial charge >= 0.3 is 6.09 Å². The van der Waals surface area contributed by atoms with Crippen LogP contribution in [0.2, 0.25) is 5.02 Å². The summed E-state index contributed by atoms with van der Waals surface area (Å²) >= 11 is 6.90. The van der Waals surface area contributed by atoms with E-state index in [4.69, 9.17) is 16.0 Å². The SMILES string of the molecule is CCOC(=O)NC(=O)CSc1ncc(-c2ccc(Cl)cc2)o1. The van der Waals surface area contributed by atoms with E-state index in [1.807, 2.05) is 12.1 Å². The summed E-state index contributed by atoms with van der Waals surface area (Å²) in [6, 6.07) is 7.12. The van der Waals surface area contributed by atoms with Gasteiger partial charge in [-0.1, -0.05) is 23.4 Å². The van der Waals surface area contributed by atoms with Crippen molar-refractivity contribution in [3.8, 4) is 11.3 Å². The molecule has 0 aliphatic heterocycles. The van der Waals surface area contributed by atoms with Crippen molar-refractivity contribution >= 4 is 35.4 Å². The number of thioether (sulfide) groups is 1. The number of carbonyl (C=O) groups excluding carboxylic acids is 2. The third kappa shape index (κ3) is 4.78. The Bertz CT molecular complexity index is 657. The summed E-state index contributed by atoms with van der Waals surface area (Å²) in [6.07, 6.45) is 0.803. The maximum absolute atomic E-state index is 11.5. The van der Waals surface area contributed by atoms with Gasteiger partial charge in [-0.3, -0.25) is 10.1 Å². The molecular weight excluding hydrogens is 328 g/mol. The Hall–Kier alpha value is -1.99. The quantitative estimate of drug-likeness (QED) is 0.840. The first-order valence-corrected chi connectivity index (χ1v) is 7.76. The summed E-state index contributed by atoms with van der Waals surface area (Å²) in [7, 11) is 0. The van der Waals surface area contributed by atoms with E-state index in [1.165, 1.54) is 0 Å². The third-order valence-corrected chi connectivity index (χ3v) is 3.55. The molecule has 0 atom stereocenters. The minimum atomic E-state index is -0.762. The molecule has 6 nitrogen and oxygen atoms in total. The summed E-state index contributed by atoms with van der Waals surface area (Å²) in [4.78, 5) is 26.6. The van der Waals surface area contributed by atoms with Gasteiger partial charge in [0.2, 0.25) is 5.91 Å². The number of nitrogens with one attached hydrogen (secondary N) is 1. The molecule has 0 radical (unpaired) electrons. The lowest BCUT2D eigenvalue weighted by molar-refractivity contribution is -0.117. The minimum Gasteiger partial charge on any atom is -0.450 e. The van der Waals surface area contributed by atoms with E-state index in [-0.39, 0.29) is 12.4 Å². The summed E-state index contributed by atoms with van der Waals surface area (Å²) in [5.41, 5.74) is 0.833. The van der Waals surface area contributed by atoms with Crippen LogP contribution < -0.4 is 5.32 Å². The van der Waals surface area contributed by atoms with Crippen LogP contribution in [0.15, 0.2) is 40.1 Å². The molecule has 116 valence electrons. The van der Waals surface area contributed by atoms with Crippen LogP contribution in [0, 0.1) is 0 Å². The average molecular weight is 341 g/mol. The number of nitrogens with zero attached hydrogens (tertiary/aromatic N) is 1. The van der Waals surface area contributed by atoms with E-state index in [0.717, 1.165) is 17.3 Å². The van der Waals surface area contributed by atoms with E-state index in [9.17, 15) is 9.59 Å². The van der Waals surface area contributed by atoms with E-state index in [2.05, 4.69) is 15.0 Å². The number of rotatable bonds is 5. The number of hydrogen-bond donors (Lipinski definition) is 1. The van der Waals surface area contributed by atoms with Crippen LogP contribution in [0.5, 0.6) is 0 Å². The normalized spacial score (nSPS) is 10.3. The molecule has 0 aliphatic rings. The maximum Gasteiger partial charge on any atom is 0.413 e. The highest BCUT2D eigenvalue weighted by molar-refractivity contribution is 7.99. The van der Waals surface area contributed by atoms with Crippen molar-refractivity contribution in [3.05, 3.63) is 35.5 Å². The summed E-state index contributed by atoms with van der Waals surface area (Å²) < 4.78 is 10.1. The molecule has 0 saturated heterocycles. The van der Waals surface area contributed by atoms with Gasteiger partial charge in [0.25, 0.3) is 5.22 Å². The molecule has 2 rings (SSSR count). The van der Waals surface area contributed by atoms with Gasteiger partial charge < -0.3 is 9.15 Å². The van der Waals surface area contributed by atoms with Gasteiger partial charge in [0.1, 0.15) is 0 Å². The molecule has 22 heavy (non-hydrogen) atoms. The van der Waals surface area contributed by atoms with Crippen LogP contribution in [0.1, 0.15) is 6.92 Å². The van der Waals surface area contributed by atoms with Crippen LogP contribution in [-0.2, 0) is 9.53 Å². The molecule has 2 aromatic rings. The molecule has 0 fully saturated rings. The lowest BCUT2D eigenvalue weighted by Crippen LogP contribution is -2.32. The number of benzene rings is 1. The maximum atomic E-state index is 11.5. The Morgan fingerprint density at radius 1 is 1.36 bits per heavy atom. The molecule has 0 aliphatic carbocycles. The Morgan fingerprint density at radius 2 is 2.09 bits per heavy atom. The average Bonchev–Trinajstić information content (AvgIpc) is 2.95. The van der Waals surface area contributed by atoms with Crippen molar-refractivity contribution in [2.24, 2.45) is 0 Å². The molecule has 1 aromatic carbocycles. The van der Waals surface area contributed by atoms with Crippen LogP contribution in [0.4, 0.5) is 4.79 Å². The molecule has 0 unspecified atom stereocenters. The van der Waals surface area contributed by atoms with Crippen molar-refractivity contribution in [3.63, 3.8) is 0 Å². The highest BCUT2D eigenvalue weighted by Crippen LogP contribution is 2.26. The van der Waals surface area contributed by atoms with Gasteiger partial charge in [-0.2, -0.15) is 0 Å². The molecule has 2 amide bonds. The van der Waals surface area contributed by atoms with Crippen molar-refractivity contribution < 1.29 is 18.7 Å². The van der Waals surface area contributed by atoms with Crippen LogP contribution in [0.3, 0.4) is 0 Å². The highest BCUT2D eigenvalue weighted by atomic mass is 35.5. The predicted molar refractivity (Wildman–Crippen MR) is 82.8 cm³/mol. The second kappa shape index (κ2) is 7.86. The highest BCUT2D eigenvalue weighted by Gasteiger charge is 2.12. The van der Waals surface area contributed by atoms with Gasteiger partial charge in [0, 0.05) is 10.6 Å². The standard InChI is InChI=1S/C14H13ClN2O4S/c1-2-20-13(19)17-12(18)8-22-14-16-7-11(21-14)9-3-5-10(15)6-4-9/h3-7H,2,8H2,1H3,(H,17,18,19). The number of amides is 2. The lowest BCUT2D eigenvalue weighted by Gasteiger charge is -2.02. The Morgan fingerprint density at radius 3 is 2.77 bits per heavy atom. The first-order chi connectivity index (χ1) is 10.6. The van der Waals surface area contributed by atoms with Crippen molar-refractivity contribution in [2.75, 3.05) is 12.4 Å². The van der Waals surface area contributed by atoms with Gasteiger partial charge in [0.05, 0.1) is 18.6 Å². The van der Waals surface area contributed by atoms with Crippen LogP contribution in [0.25, 0.3) is 11.3 Å². The first kappa shape index (κ1) is 16.4. The zero-order valence-electron chi connectivity index (χ0n) is 11.7. The molecule has 0 saturated carbocycles. The number of imide groups is 1. The topological polar surface area (TPSA) is 81.4 Å². The minimum absolute atomic E-state index is 0.000610. The van der Waals surface area contributed by atoms with Gasteiger partial charge in [0.15, 0.2) is 5.76 Å². The Kier molecular flexibility index (Phi) is 5.85. The van der Waals surface area contributed by atoms with Crippen molar-refractivity contribution in [1.29, 1.82) is 0 Å². The molecule has 0 spiro atoms. The fourth-order valence-electron chi connectivity index (χ4n) is 1.52. The second-order valence-corrected chi connectivity index (χ2v) is 5.42. The number of halogens is 1.